The Morgan fingerprint density at radius 1 is 1.10 bits per heavy atom. The molecule has 0 aliphatic heterocycles. The highest BCUT2D eigenvalue weighted by Gasteiger charge is 2.29. The number of fused-ring (bicyclic) bond motifs is 1. The van der Waals surface area contributed by atoms with Crippen LogP contribution in [0.15, 0.2) is 48.5 Å². The van der Waals surface area contributed by atoms with Gasteiger partial charge in [0.15, 0.2) is 0 Å². The van der Waals surface area contributed by atoms with E-state index in [2.05, 4.69) is 0 Å². The Morgan fingerprint density at radius 2 is 1.72 bits per heavy atom. The summed E-state index contributed by atoms with van der Waals surface area (Å²) in [4.78, 5) is 24.5. The maximum Gasteiger partial charge on any atom is 0.419 e. The van der Waals surface area contributed by atoms with E-state index >= 15 is 0 Å². The van der Waals surface area contributed by atoms with Crippen molar-refractivity contribution in [2.24, 2.45) is 0 Å². The number of benzene rings is 2. The molecule has 1 unspecified atom stereocenters. The van der Waals surface area contributed by atoms with Crippen LogP contribution in [0, 0.1) is 24.0 Å². The fourth-order valence-corrected chi connectivity index (χ4v) is 3.39. The summed E-state index contributed by atoms with van der Waals surface area (Å²) in [7, 11) is 0. The number of rotatable bonds is 4. The van der Waals surface area contributed by atoms with Crippen LogP contribution in [0.25, 0.3) is 10.9 Å². The van der Waals surface area contributed by atoms with Gasteiger partial charge < -0.3 is 4.74 Å². The van der Waals surface area contributed by atoms with Crippen LogP contribution in [0.5, 0.6) is 0 Å². The largest absolute Gasteiger partial charge is 0.443 e. The van der Waals surface area contributed by atoms with E-state index in [1.165, 1.54) is 4.57 Å². The summed E-state index contributed by atoms with van der Waals surface area (Å²) in [5, 5.41) is 12.7. The van der Waals surface area contributed by atoms with Gasteiger partial charge in [-0.2, -0.15) is 0 Å². The monoisotopic (exact) mass is 394 g/mol. The maximum atomic E-state index is 13.0. The Morgan fingerprint density at radius 3 is 2.31 bits per heavy atom. The zero-order valence-electron chi connectivity index (χ0n) is 17.4. The smallest absolute Gasteiger partial charge is 0.419 e. The van der Waals surface area contributed by atoms with E-state index in [0.29, 0.717) is 16.8 Å². The van der Waals surface area contributed by atoms with E-state index in [-0.39, 0.29) is 11.3 Å². The average Bonchev–Trinajstić information content (AvgIpc) is 2.96. The van der Waals surface area contributed by atoms with Gasteiger partial charge in [0.1, 0.15) is 5.60 Å². The number of carbonyl (C=O) groups excluding carboxylic acids is 1. The predicted octanol–water partition coefficient (Wildman–Crippen LogP) is 5.60. The molecule has 0 aliphatic rings. The van der Waals surface area contributed by atoms with E-state index in [1.807, 2.05) is 38.1 Å². The lowest BCUT2D eigenvalue weighted by molar-refractivity contribution is -0.528. The lowest BCUT2D eigenvalue weighted by atomic mass is 10.0. The molecule has 0 N–H and O–H groups in total. The lowest BCUT2D eigenvalue weighted by Gasteiger charge is -2.21. The molecular formula is C23H26N2O4. The molecule has 0 saturated heterocycles. The second-order valence-electron chi connectivity index (χ2n) is 8.36. The number of nitro groups is 1. The Bertz CT molecular complexity index is 1060. The molecule has 0 saturated carbocycles. The quantitative estimate of drug-likeness (QED) is 0.426. The topological polar surface area (TPSA) is 74.4 Å². The summed E-state index contributed by atoms with van der Waals surface area (Å²) >= 11 is 0. The van der Waals surface area contributed by atoms with Gasteiger partial charge in [-0.1, -0.05) is 30.3 Å². The highest BCUT2D eigenvalue weighted by atomic mass is 16.6. The number of aryl methyl sites for hydroxylation is 2. The van der Waals surface area contributed by atoms with E-state index in [4.69, 9.17) is 4.74 Å². The first-order valence-corrected chi connectivity index (χ1v) is 9.60. The van der Waals surface area contributed by atoms with Crippen LogP contribution in [-0.4, -0.2) is 21.2 Å². The molecule has 152 valence electrons. The van der Waals surface area contributed by atoms with Crippen molar-refractivity contribution >= 4 is 17.0 Å². The molecule has 0 bridgehead atoms. The molecular weight excluding hydrogens is 368 g/mol. The first kappa shape index (κ1) is 20.6. The van der Waals surface area contributed by atoms with Gasteiger partial charge in [-0.05, 0) is 63.9 Å². The molecule has 6 heteroatoms. The first-order valence-electron chi connectivity index (χ1n) is 9.60. The Kier molecular flexibility index (Phi) is 5.46. The second-order valence-corrected chi connectivity index (χ2v) is 8.36. The van der Waals surface area contributed by atoms with E-state index in [0.717, 1.165) is 16.5 Å². The van der Waals surface area contributed by atoms with Crippen molar-refractivity contribution in [2.75, 3.05) is 0 Å². The highest BCUT2D eigenvalue weighted by Crippen LogP contribution is 2.29. The van der Waals surface area contributed by atoms with Crippen molar-refractivity contribution < 1.29 is 14.5 Å². The third-order valence-corrected chi connectivity index (χ3v) is 4.91. The van der Waals surface area contributed by atoms with E-state index in [1.54, 1.807) is 45.0 Å². The maximum absolute atomic E-state index is 13.0. The van der Waals surface area contributed by atoms with Crippen LogP contribution in [0.3, 0.4) is 0 Å². The van der Waals surface area contributed by atoms with Crippen molar-refractivity contribution in [3.8, 4) is 0 Å². The number of hydrogen-bond acceptors (Lipinski definition) is 4. The van der Waals surface area contributed by atoms with Crippen LogP contribution < -0.4 is 0 Å². The van der Waals surface area contributed by atoms with Gasteiger partial charge in [-0.25, -0.2) is 9.36 Å². The number of carbonyl (C=O) groups is 1. The molecule has 1 aromatic heterocycles. The molecule has 6 nitrogen and oxygen atoms in total. The summed E-state index contributed by atoms with van der Waals surface area (Å²) in [6, 6.07) is 13.7. The standard InChI is InChI=1S/C23H26N2O4/c1-15-11-18-13-19(14-21(25(27)28)17-9-7-6-8-10-17)24(20(18)12-16(15)2)22(26)29-23(3,4)5/h6-13,21H,14H2,1-5H3. The lowest BCUT2D eigenvalue weighted by Crippen LogP contribution is -2.28. The van der Waals surface area contributed by atoms with Crippen molar-refractivity contribution in [3.05, 3.63) is 81.0 Å². The van der Waals surface area contributed by atoms with Crippen molar-refractivity contribution in [3.63, 3.8) is 0 Å². The summed E-state index contributed by atoms with van der Waals surface area (Å²) in [6.45, 7) is 9.38. The molecule has 0 fully saturated rings. The SMILES string of the molecule is Cc1cc2cc(CC(c3ccccc3)[N+](=O)[O-])n(C(=O)OC(C)(C)C)c2cc1C. The third kappa shape index (κ3) is 4.47. The molecule has 3 rings (SSSR count). The van der Waals surface area contributed by atoms with Crippen LogP contribution in [0.4, 0.5) is 4.79 Å². The van der Waals surface area contributed by atoms with Crippen molar-refractivity contribution in [1.82, 2.24) is 4.57 Å². The average molecular weight is 394 g/mol. The second kappa shape index (κ2) is 7.70. The minimum atomic E-state index is -0.955. The van der Waals surface area contributed by atoms with Gasteiger partial charge in [0.25, 0.3) is 0 Å². The van der Waals surface area contributed by atoms with Crippen LogP contribution in [0.2, 0.25) is 0 Å². The van der Waals surface area contributed by atoms with Crippen LogP contribution >= 0.6 is 0 Å². The van der Waals surface area contributed by atoms with Gasteiger partial charge >= 0.3 is 6.09 Å². The minimum absolute atomic E-state index is 0.0863. The molecule has 1 atom stereocenters. The molecule has 0 radical (unpaired) electrons. The number of nitrogens with zero attached hydrogens (tertiary/aromatic N) is 2. The Balaban J connectivity index is 2.14. The van der Waals surface area contributed by atoms with Crippen LogP contribution in [0.1, 0.15) is 49.2 Å². The molecule has 0 aliphatic carbocycles. The van der Waals surface area contributed by atoms with Gasteiger partial charge in [0.2, 0.25) is 6.04 Å². The normalized spacial score (nSPS) is 12.7. The Hall–Kier alpha value is -3.15. The number of aromatic nitrogens is 1. The predicted molar refractivity (Wildman–Crippen MR) is 113 cm³/mol. The number of ether oxygens (including phenoxy) is 1. The van der Waals surface area contributed by atoms with Gasteiger partial charge in [-0.15, -0.1) is 0 Å². The summed E-state index contributed by atoms with van der Waals surface area (Å²) < 4.78 is 7.08. The van der Waals surface area contributed by atoms with Gasteiger partial charge in [-0.3, -0.25) is 10.1 Å². The molecule has 0 amide bonds. The van der Waals surface area contributed by atoms with Gasteiger partial charge in [0, 0.05) is 21.6 Å². The molecule has 0 spiro atoms. The van der Waals surface area contributed by atoms with Gasteiger partial charge in [0.05, 0.1) is 11.9 Å². The first-order chi connectivity index (χ1) is 13.6. The summed E-state index contributed by atoms with van der Waals surface area (Å²) in [6.07, 6.45) is -0.441. The van der Waals surface area contributed by atoms with Crippen LogP contribution in [-0.2, 0) is 11.2 Å². The fourth-order valence-electron chi connectivity index (χ4n) is 3.39. The molecule has 29 heavy (non-hydrogen) atoms. The zero-order valence-corrected chi connectivity index (χ0v) is 17.4. The van der Waals surface area contributed by atoms with E-state index < -0.39 is 17.7 Å². The summed E-state index contributed by atoms with van der Waals surface area (Å²) in [5.74, 6) is 0. The van der Waals surface area contributed by atoms with Crippen molar-refractivity contribution in [2.45, 2.75) is 52.7 Å². The fraction of sp³-hybridized carbons (Fsp3) is 0.348. The molecule has 1 heterocycles. The zero-order chi connectivity index (χ0) is 21.3. The molecule has 3 aromatic rings. The third-order valence-electron chi connectivity index (χ3n) is 4.91. The highest BCUT2D eigenvalue weighted by molar-refractivity contribution is 5.92. The summed E-state index contributed by atoms with van der Waals surface area (Å²) in [5.41, 5.74) is 3.33. The Labute approximate surface area is 170 Å². The molecule has 2 aromatic carbocycles. The van der Waals surface area contributed by atoms with Crippen molar-refractivity contribution in [1.29, 1.82) is 0 Å². The number of hydrogen-bond donors (Lipinski definition) is 0. The minimum Gasteiger partial charge on any atom is -0.443 e. The van der Waals surface area contributed by atoms with E-state index in [9.17, 15) is 14.9 Å².